The highest BCUT2D eigenvalue weighted by Gasteiger charge is 2.21. The molecule has 1 amide bonds. The van der Waals surface area contributed by atoms with Crippen LogP contribution in [0.5, 0.6) is 5.75 Å². The average Bonchev–Trinajstić information content (AvgIpc) is 2.73. The predicted octanol–water partition coefficient (Wildman–Crippen LogP) is 1.82. The van der Waals surface area contributed by atoms with Crippen molar-refractivity contribution in [1.82, 2.24) is 10.2 Å². The zero-order valence-corrected chi connectivity index (χ0v) is 15.6. The molecule has 3 rings (SSSR count). The molecule has 0 saturated carbocycles. The van der Waals surface area contributed by atoms with Crippen molar-refractivity contribution in [2.75, 3.05) is 51.3 Å². The summed E-state index contributed by atoms with van der Waals surface area (Å²) in [4.78, 5) is 28.6. The van der Waals surface area contributed by atoms with Crippen molar-refractivity contribution in [2.45, 2.75) is 0 Å². The molecule has 1 fully saturated rings. The van der Waals surface area contributed by atoms with Gasteiger partial charge in [0.2, 0.25) is 5.91 Å². The van der Waals surface area contributed by atoms with Gasteiger partial charge in [0.25, 0.3) is 0 Å². The number of carbonyl (C=O) groups is 2. The lowest BCUT2D eigenvalue weighted by atomic mass is 10.1. The number of hydrogen-bond acceptors (Lipinski definition) is 5. The van der Waals surface area contributed by atoms with E-state index in [4.69, 9.17) is 4.74 Å². The third-order valence-corrected chi connectivity index (χ3v) is 4.71. The van der Waals surface area contributed by atoms with Crippen LogP contribution < -0.4 is 15.0 Å². The number of ketones is 1. The summed E-state index contributed by atoms with van der Waals surface area (Å²) in [5, 5.41) is 2.73. The van der Waals surface area contributed by atoms with Crippen LogP contribution in [0.25, 0.3) is 0 Å². The van der Waals surface area contributed by atoms with Crippen molar-refractivity contribution in [3.63, 3.8) is 0 Å². The summed E-state index contributed by atoms with van der Waals surface area (Å²) >= 11 is 0. The van der Waals surface area contributed by atoms with Crippen LogP contribution in [0, 0.1) is 0 Å². The lowest BCUT2D eigenvalue weighted by Crippen LogP contribution is -2.50. The average molecular weight is 367 g/mol. The number of ether oxygens (including phenoxy) is 1. The standard InChI is InChI=1S/C21H25N3O3/c1-27-20-10-6-5-9-18(20)24-13-11-23(12-14-24)16-21(26)22-15-19(25)17-7-3-2-4-8-17/h2-10H,11-16H2,1H3,(H,22,26). The number of amides is 1. The first-order chi connectivity index (χ1) is 13.2. The van der Waals surface area contributed by atoms with Gasteiger partial charge in [0.05, 0.1) is 25.9 Å². The number of benzene rings is 2. The van der Waals surface area contributed by atoms with E-state index in [-0.39, 0.29) is 18.2 Å². The summed E-state index contributed by atoms with van der Waals surface area (Å²) in [6.07, 6.45) is 0. The molecular weight excluding hydrogens is 342 g/mol. The van der Waals surface area contributed by atoms with Gasteiger partial charge in [-0.25, -0.2) is 0 Å². The van der Waals surface area contributed by atoms with Gasteiger partial charge < -0.3 is 15.0 Å². The number of nitrogens with one attached hydrogen (secondary N) is 1. The quantitative estimate of drug-likeness (QED) is 0.757. The lowest BCUT2D eigenvalue weighted by molar-refractivity contribution is -0.122. The van der Waals surface area contributed by atoms with Crippen molar-refractivity contribution in [3.8, 4) is 5.75 Å². The van der Waals surface area contributed by atoms with E-state index in [0.29, 0.717) is 12.1 Å². The summed E-state index contributed by atoms with van der Waals surface area (Å²) in [5.74, 6) is 0.665. The second-order valence-corrected chi connectivity index (χ2v) is 6.50. The number of nitrogens with zero attached hydrogens (tertiary/aromatic N) is 2. The lowest BCUT2D eigenvalue weighted by Gasteiger charge is -2.36. The predicted molar refractivity (Wildman–Crippen MR) is 105 cm³/mol. The summed E-state index contributed by atoms with van der Waals surface area (Å²) in [6, 6.07) is 17.0. The van der Waals surface area contributed by atoms with E-state index in [9.17, 15) is 9.59 Å². The molecule has 2 aromatic carbocycles. The minimum Gasteiger partial charge on any atom is -0.495 e. The Hall–Kier alpha value is -2.86. The van der Waals surface area contributed by atoms with Gasteiger partial charge >= 0.3 is 0 Å². The van der Waals surface area contributed by atoms with E-state index >= 15 is 0 Å². The molecule has 2 aromatic rings. The Morgan fingerprint density at radius 3 is 2.33 bits per heavy atom. The SMILES string of the molecule is COc1ccccc1N1CCN(CC(=O)NCC(=O)c2ccccc2)CC1. The van der Waals surface area contributed by atoms with Crippen LogP contribution in [0.2, 0.25) is 0 Å². The number of carbonyl (C=O) groups excluding carboxylic acids is 2. The molecule has 1 aliphatic heterocycles. The fraction of sp³-hybridized carbons (Fsp3) is 0.333. The molecule has 142 valence electrons. The van der Waals surface area contributed by atoms with Crippen molar-refractivity contribution in [2.24, 2.45) is 0 Å². The molecule has 1 aliphatic rings. The second kappa shape index (κ2) is 9.19. The monoisotopic (exact) mass is 367 g/mol. The maximum atomic E-state index is 12.2. The van der Waals surface area contributed by atoms with Crippen LogP contribution in [0.1, 0.15) is 10.4 Å². The van der Waals surface area contributed by atoms with E-state index in [1.807, 2.05) is 36.4 Å². The van der Waals surface area contributed by atoms with Crippen LogP contribution in [-0.4, -0.2) is 63.0 Å². The topological polar surface area (TPSA) is 61.9 Å². The number of Topliss-reactive ketones (excluding diaryl/α,β-unsaturated/α-hetero) is 1. The molecule has 0 aliphatic carbocycles. The number of methoxy groups -OCH3 is 1. The van der Waals surface area contributed by atoms with Crippen LogP contribution in [0.3, 0.4) is 0 Å². The Kier molecular flexibility index (Phi) is 6.44. The van der Waals surface area contributed by atoms with Crippen molar-refractivity contribution >= 4 is 17.4 Å². The van der Waals surface area contributed by atoms with Crippen molar-refractivity contribution in [3.05, 3.63) is 60.2 Å². The van der Waals surface area contributed by atoms with E-state index in [0.717, 1.165) is 37.6 Å². The molecule has 0 unspecified atom stereocenters. The maximum Gasteiger partial charge on any atom is 0.234 e. The molecule has 0 bridgehead atoms. The van der Waals surface area contributed by atoms with Gasteiger partial charge in [-0.1, -0.05) is 42.5 Å². The molecule has 0 spiro atoms. The first-order valence-electron chi connectivity index (χ1n) is 9.12. The highest BCUT2D eigenvalue weighted by Crippen LogP contribution is 2.28. The largest absolute Gasteiger partial charge is 0.495 e. The van der Waals surface area contributed by atoms with Gasteiger partial charge in [0, 0.05) is 31.7 Å². The molecule has 27 heavy (non-hydrogen) atoms. The Morgan fingerprint density at radius 1 is 0.963 bits per heavy atom. The first-order valence-corrected chi connectivity index (χ1v) is 9.12. The van der Waals surface area contributed by atoms with Gasteiger partial charge in [0.1, 0.15) is 5.75 Å². The minimum atomic E-state index is -0.120. The number of hydrogen-bond donors (Lipinski definition) is 1. The Balaban J connectivity index is 1.43. The van der Waals surface area contributed by atoms with E-state index in [1.54, 1.807) is 19.2 Å². The zero-order chi connectivity index (χ0) is 19.1. The molecule has 1 saturated heterocycles. The van der Waals surface area contributed by atoms with Gasteiger partial charge in [-0.15, -0.1) is 0 Å². The summed E-state index contributed by atoms with van der Waals surface area (Å²) in [7, 11) is 1.68. The number of anilines is 1. The second-order valence-electron chi connectivity index (χ2n) is 6.50. The van der Waals surface area contributed by atoms with Gasteiger partial charge in [-0.3, -0.25) is 14.5 Å². The fourth-order valence-electron chi connectivity index (χ4n) is 3.20. The molecule has 0 radical (unpaired) electrons. The highest BCUT2D eigenvalue weighted by atomic mass is 16.5. The summed E-state index contributed by atoms with van der Waals surface area (Å²) < 4.78 is 5.43. The van der Waals surface area contributed by atoms with Crippen molar-refractivity contribution in [1.29, 1.82) is 0 Å². The van der Waals surface area contributed by atoms with Gasteiger partial charge in [0.15, 0.2) is 5.78 Å². The molecule has 1 N–H and O–H groups in total. The summed E-state index contributed by atoms with van der Waals surface area (Å²) in [5.41, 5.74) is 1.70. The van der Waals surface area contributed by atoms with Gasteiger partial charge in [-0.05, 0) is 12.1 Å². The third kappa shape index (κ3) is 5.08. The molecule has 0 aromatic heterocycles. The Morgan fingerprint density at radius 2 is 1.63 bits per heavy atom. The van der Waals surface area contributed by atoms with Crippen molar-refractivity contribution < 1.29 is 14.3 Å². The first kappa shape index (κ1) is 18.9. The Bertz CT molecular complexity index is 771. The minimum absolute atomic E-state index is 0.0318. The molecule has 6 nitrogen and oxygen atoms in total. The smallest absolute Gasteiger partial charge is 0.234 e. The van der Waals surface area contributed by atoms with Crippen LogP contribution in [-0.2, 0) is 4.79 Å². The normalized spacial score (nSPS) is 14.6. The zero-order valence-electron chi connectivity index (χ0n) is 15.6. The van der Waals surface area contributed by atoms with Crippen LogP contribution in [0.4, 0.5) is 5.69 Å². The third-order valence-electron chi connectivity index (χ3n) is 4.71. The summed E-state index contributed by atoms with van der Waals surface area (Å²) in [6.45, 7) is 3.58. The number of para-hydroxylation sites is 2. The van der Waals surface area contributed by atoms with E-state index in [2.05, 4.69) is 21.2 Å². The number of piperazine rings is 1. The molecule has 6 heteroatoms. The molecule has 0 atom stereocenters. The Labute approximate surface area is 159 Å². The van der Waals surface area contributed by atoms with Crippen LogP contribution >= 0.6 is 0 Å². The molecular formula is C21H25N3O3. The highest BCUT2D eigenvalue weighted by molar-refractivity contribution is 5.99. The van der Waals surface area contributed by atoms with E-state index < -0.39 is 0 Å². The fourth-order valence-corrected chi connectivity index (χ4v) is 3.20. The molecule has 1 heterocycles. The van der Waals surface area contributed by atoms with E-state index in [1.165, 1.54) is 0 Å². The van der Waals surface area contributed by atoms with Gasteiger partial charge in [-0.2, -0.15) is 0 Å². The number of rotatable bonds is 7. The maximum absolute atomic E-state index is 12.2. The van der Waals surface area contributed by atoms with Crippen LogP contribution in [0.15, 0.2) is 54.6 Å².